The summed E-state index contributed by atoms with van der Waals surface area (Å²) in [5, 5.41) is 0. The molecular weight excluding hydrogens is 444 g/mol. The second kappa shape index (κ2) is 10.1. The number of ether oxygens (including phenoxy) is 4. The highest BCUT2D eigenvalue weighted by Gasteiger charge is 2.44. The van der Waals surface area contributed by atoms with E-state index in [2.05, 4.69) is 4.98 Å². The summed E-state index contributed by atoms with van der Waals surface area (Å²) in [5.41, 5.74) is 2.16. The third-order valence-corrected chi connectivity index (χ3v) is 5.93. The van der Waals surface area contributed by atoms with Crippen LogP contribution in [0.2, 0.25) is 0 Å². The Kier molecular flexibility index (Phi) is 6.61. The lowest BCUT2D eigenvalue weighted by Gasteiger charge is -2.29. The van der Waals surface area contributed by atoms with Gasteiger partial charge in [0.15, 0.2) is 5.78 Å². The summed E-state index contributed by atoms with van der Waals surface area (Å²) < 4.78 is 25.9. The second-order valence-electron chi connectivity index (χ2n) is 8.30. The van der Waals surface area contributed by atoms with Crippen molar-refractivity contribution in [3.63, 3.8) is 0 Å². The molecule has 0 saturated carbocycles. The molecule has 0 spiro atoms. The first kappa shape index (κ1) is 22.8. The van der Waals surface area contributed by atoms with Crippen molar-refractivity contribution in [3.05, 3.63) is 114 Å². The van der Waals surface area contributed by atoms with E-state index in [0.29, 0.717) is 36.6 Å². The molecule has 178 valence electrons. The van der Waals surface area contributed by atoms with Crippen LogP contribution < -0.4 is 9.47 Å². The van der Waals surface area contributed by atoms with Gasteiger partial charge in [0.05, 0.1) is 26.6 Å². The van der Waals surface area contributed by atoms with E-state index in [1.807, 2.05) is 65.4 Å². The monoisotopic (exact) mass is 470 g/mol. The molecule has 2 atom stereocenters. The Morgan fingerprint density at radius 2 is 1.71 bits per heavy atom. The molecule has 0 radical (unpaired) electrons. The molecule has 0 aliphatic carbocycles. The summed E-state index contributed by atoms with van der Waals surface area (Å²) in [6.45, 7) is 1.14. The zero-order valence-electron chi connectivity index (χ0n) is 19.4. The summed E-state index contributed by atoms with van der Waals surface area (Å²) in [4.78, 5) is 16.7. The third kappa shape index (κ3) is 5.11. The smallest absolute Gasteiger partial charge is 0.214 e. The van der Waals surface area contributed by atoms with Crippen molar-refractivity contribution in [2.75, 3.05) is 20.3 Å². The van der Waals surface area contributed by atoms with Crippen molar-refractivity contribution in [2.24, 2.45) is 0 Å². The molecule has 0 unspecified atom stereocenters. The topological polar surface area (TPSA) is 71.8 Å². The van der Waals surface area contributed by atoms with Crippen LogP contribution in [0.25, 0.3) is 0 Å². The zero-order chi connectivity index (χ0) is 24.1. The van der Waals surface area contributed by atoms with Crippen LogP contribution in [0.1, 0.15) is 21.5 Å². The minimum Gasteiger partial charge on any atom is -0.497 e. The summed E-state index contributed by atoms with van der Waals surface area (Å²) in [7, 11) is 1.64. The van der Waals surface area contributed by atoms with E-state index in [1.54, 1.807) is 43.9 Å². The van der Waals surface area contributed by atoms with Crippen molar-refractivity contribution in [1.82, 2.24) is 9.55 Å². The molecule has 7 nitrogen and oxygen atoms in total. The summed E-state index contributed by atoms with van der Waals surface area (Å²) in [6.07, 6.45) is 5.06. The molecular formula is C28H26N2O5. The summed E-state index contributed by atoms with van der Waals surface area (Å²) in [6, 6.07) is 24.0. The second-order valence-corrected chi connectivity index (χ2v) is 8.30. The number of carbonyl (C=O) groups excluding carboxylic acids is 1. The predicted molar refractivity (Wildman–Crippen MR) is 130 cm³/mol. The van der Waals surface area contributed by atoms with Gasteiger partial charge in [-0.05, 0) is 48.5 Å². The minimum absolute atomic E-state index is 0.0200. The van der Waals surface area contributed by atoms with Gasteiger partial charge in [-0.3, -0.25) is 4.79 Å². The molecule has 2 heterocycles. The molecule has 1 aromatic heterocycles. The zero-order valence-corrected chi connectivity index (χ0v) is 19.4. The molecule has 0 amide bonds. The lowest BCUT2D eigenvalue weighted by atomic mass is 10.0. The molecule has 1 aliphatic heterocycles. The maximum Gasteiger partial charge on any atom is 0.214 e. The van der Waals surface area contributed by atoms with E-state index in [4.69, 9.17) is 18.9 Å². The number of imidazole rings is 1. The number of hydrogen-bond acceptors (Lipinski definition) is 6. The van der Waals surface area contributed by atoms with Crippen LogP contribution in [0.4, 0.5) is 0 Å². The number of aromatic nitrogens is 2. The molecule has 1 saturated heterocycles. The van der Waals surface area contributed by atoms with Crippen LogP contribution in [0.5, 0.6) is 11.5 Å². The average Bonchev–Trinajstić information content (AvgIpc) is 3.59. The molecule has 5 rings (SSSR count). The Morgan fingerprint density at radius 3 is 2.40 bits per heavy atom. The van der Waals surface area contributed by atoms with Gasteiger partial charge in [-0.1, -0.05) is 30.3 Å². The van der Waals surface area contributed by atoms with Gasteiger partial charge in [0.25, 0.3) is 0 Å². The van der Waals surface area contributed by atoms with Gasteiger partial charge in [-0.2, -0.15) is 0 Å². The molecule has 7 heteroatoms. The molecule has 1 fully saturated rings. The van der Waals surface area contributed by atoms with Crippen LogP contribution in [-0.4, -0.2) is 41.8 Å². The largest absolute Gasteiger partial charge is 0.497 e. The van der Waals surface area contributed by atoms with E-state index >= 15 is 0 Å². The van der Waals surface area contributed by atoms with Crippen LogP contribution in [-0.2, 0) is 21.8 Å². The highest BCUT2D eigenvalue weighted by atomic mass is 16.8. The number of nitrogens with zero attached hydrogens (tertiary/aromatic N) is 2. The van der Waals surface area contributed by atoms with Crippen molar-refractivity contribution in [2.45, 2.75) is 18.4 Å². The first-order valence-electron chi connectivity index (χ1n) is 11.4. The first-order valence-corrected chi connectivity index (χ1v) is 11.4. The van der Waals surface area contributed by atoms with Crippen molar-refractivity contribution < 1.29 is 23.7 Å². The minimum atomic E-state index is -0.965. The third-order valence-electron chi connectivity index (χ3n) is 5.93. The Labute approximate surface area is 203 Å². The van der Waals surface area contributed by atoms with E-state index < -0.39 is 5.79 Å². The normalized spacial score (nSPS) is 19.4. The molecule has 0 bridgehead atoms. The van der Waals surface area contributed by atoms with Crippen molar-refractivity contribution in [1.29, 1.82) is 0 Å². The highest BCUT2D eigenvalue weighted by molar-refractivity contribution is 6.08. The van der Waals surface area contributed by atoms with Crippen molar-refractivity contribution in [3.8, 4) is 11.5 Å². The number of ketones is 1. The molecule has 3 aromatic carbocycles. The fourth-order valence-electron chi connectivity index (χ4n) is 4.09. The number of benzene rings is 3. The summed E-state index contributed by atoms with van der Waals surface area (Å²) in [5.74, 6) is 0.439. The van der Waals surface area contributed by atoms with E-state index in [-0.39, 0.29) is 11.9 Å². The average molecular weight is 471 g/mol. The molecule has 1 aliphatic rings. The fraction of sp³-hybridized carbons (Fsp3) is 0.214. The standard InChI is InChI=1S/C28H26N2O5/c1-32-24-13-9-23(10-14-24)28(19-30-16-15-29-20-30)34-18-26(35-28)17-33-25-11-7-22(8-12-25)27(31)21-5-3-2-4-6-21/h2-16,20,26H,17-19H2,1H3/t26-,28+/m1/s1. The quantitative estimate of drug-likeness (QED) is 0.336. The van der Waals surface area contributed by atoms with Gasteiger partial charge < -0.3 is 23.5 Å². The number of hydrogen-bond donors (Lipinski definition) is 0. The van der Waals surface area contributed by atoms with E-state index in [9.17, 15) is 4.79 Å². The van der Waals surface area contributed by atoms with Gasteiger partial charge >= 0.3 is 0 Å². The molecule has 0 N–H and O–H groups in total. The Hall–Kier alpha value is -3.94. The Morgan fingerprint density at radius 1 is 1.00 bits per heavy atom. The maximum atomic E-state index is 12.6. The van der Waals surface area contributed by atoms with Gasteiger partial charge in [-0.25, -0.2) is 4.98 Å². The van der Waals surface area contributed by atoms with Crippen LogP contribution >= 0.6 is 0 Å². The number of carbonyl (C=O) groups is 1. The first-order chi connectivity index (χ1) is 17.1. The van der Waals surface area contributed by atoms with Crippen molar-refractivity contribution >= 4 is 5.78 Å². The van der Waals surface area contributed by atoms with Gasteiger partial charge in [0.1, 0.15) is 24.2 Å². The summed E-state index contributed by atoms with van der Waals surface area (Å²) >= 11 is 0. The molecule has 4 aromatic rings. The number of rotatable bonds is 9. The number of methoxy groups -OCH3 is 1. The van der Waals surface area contributed by atoms with Crippen LogP contribution in [0, 0.1) is 0 Å². The van der Waals surface area contributed by atoms with E-state index in [1.165, 1.54) is 0 Å². The Bertz CT molecular complexity index is 1240. The van der Waals surface area contributed by atoms with Crippen LogP contribution in [0.3, 0.4) is 0 Å². The fourth-order valence-corrected chi connectivity index (χ4v) is 4.09. The van der Waals surface area contributed by atoms with Gasteiger partial charge in [0.2, 0.25) is 5.79 Å². The predicted octanol–water partition coefficient (Wildman–Crippen LogP) is 4.47. The van der Waals surface area contributed by atoms with Gasteiger partial charge in [-0.15, -0.1) is 0 Å². The van der Waals surface area contributed by atoms with Gasteiger partial charge in [0, 0.05) is 29.1 Å². The van der Waals surface area contributed by atoms with E-state index in [0.717, 1.165) is 11.3 Å². The maximum absolute atomic E-state index is 12.6. The lowest BCUT2D eigenvalue weighted by Crippen LogP contribution is -2.34. The van der Waals surface area contributed by atoms with Crippen LogP contribution in [0.15, 0.2) is 97.6 Å². The SMILES string of the molecule is COc1ccc([C@@]2(Cn3ccnc3)OC[C@@H](COc3ccc(C(=O)c4ccccc4)cc3)O2)cc1. The molecule has 35 heavy (non-hydrogen) atoms. The Balaban J connectivity index is 1.25. The lowest BCUT2D eigenvalue weighted by molar-refractivity contribution is -0.189. The highest BCUT2D eigenvalue weighted by Crippen LogP contribution is 2.37.